The number of thioether (sulfide) groups is 1. The van der Waals surface area contributed by atoms with Crippen LogP contribution >= 0.6 is 23.1 Å². The number of carbonyl (C=O) groups is 1. The number of hydrogen-bond donors (Lipinski definition) is 0. The zero-order valence-corrected chi connectivity index (χ0v) is 18.7. The number of likely N-dealkylation sites (N-methyl/N-ethyl adjacent to an activating group) is 1. The number of benzene rings is 1. The fourth-order valence-electron chi connectivity index (χ4n) is 3.99. The van der Waals surface area contributed by atoms with Gasteiger partial charge in [-0.3, -0.25) is 9.69 Å². The zero-order chi connectivity index (χ0) is 20.4. The number of amides is 1. The Kier molecular flexibility index (Phi) is 6.23. The van der Waals surface area contributed by atoms with Gasteiger partial charge in [0.1, 0.15) is 0 Å². The van der Waals surface area contributed by atoms with Crippen LogP contribution in [-0.4, -0.2) is 51.6 Å². The van der Waals surface area contributed by atoms with Crippen molar-refractivity contribution in [1.82, 2.24) is 14.8 Å². The second-order valence-electron chi connectivity index (χ2n) is 7.89. The number of fused-ring (bicyclic) bond motifs is 1. The Morgan fingerprint density at radius 2 is 2.07 bits per heavy atom. The lowest BCUT2D eigenvalue weighted by atomic mass is 10.1. The Labute approximate surface area is 180 Å². The monoisotopic (exact) mass is 425 g/mol. The maximum Gasteiger partial charge on any atom is 0.240 e. The van der Waals surface area contributed by atoms with Gasteiger partial charge in [0.2, 0.25) is 5.91 Å². The van der Waals surface area contributed by atoms with E-state index in [1.807, 2.05) is 36.3 Å². The summed E-state index contributed by atoms with van der Waals surface area (Å²) < 4.78 is 1.28. The van der Waals surface area contributed by atoms with E-state index in [2.05, 4.69) is 54.1 Å². The van der Waals surface area contributed by atoms with E-state index in [4.69, 9.17) is 0 Å². The van der Waals surface area contributed by atoms with Gasteiger partial charge in [-0.05, 0) is 49.9 Å². The normalized spacial score (nSPS) is 19.9. The Morgan fingerprint density at radius 3 is 2.79 bits per heavy atom. The predicted molar refractivity (Wildman–Crippen MR) is 122 cm³/mol. The van der Waals surface area contributed by atoms with Crippen LogP contribution in [0.4, 0.5) is 0 Å². The lowest BCUT2D eigenvalue weighted by Gasteiger charge is -2.30. The van der Waals surface area contributed by atoms with Crippen LogP contribution < -0.4 is 0 Å². The average molecular weight is 426 g/mol. The minimum atomic E-state index is -0.0596. The van der Waals surface area contributed by atoms with Gasteiger partial charge in [0.15, 0.2) is 0 Å². The van der Waals surface area contributed by atoms with Gasteiger partial charge in [-0.25, -0.2) is 4.98 Å². The van der Waals surface area contributed by atoms with E-state index < -0.39 is 0 Å². The largest absolute Gasteiger partial charge is 0.339 e. The summed E-state index contributed by atoms with van der Waals surface area (Å²) in [5, 5.41) is 2.68. The summed E-state index contributed by atoms with van der Waals surface area (Å²) in [7, 11) is 1.93. The Bertz CT molecular complexity index is 939. The molecular weight excluding hydrogens is 398 g/mol. The number of rotatable bonds is 6. The molecule has 1 fully saturated rings. The third kappa shape index (κ3) is 4.65. The molecule has 4 nitrogen and oxygen atoms in total. The molecule has 2 atom stereocenters. The van der Waals surface area contributed by atoms with E-state index in [-0.39, 0.29) is 11.9 Å². The molecule has 0 spiro atoms. The van der Waals surface area contributed by atoms with Gasteiger partial charge >= 0.3 is 0 Å². The molecule has 1 amide bonds. The number of carbonyl (C=O) groups excluding carboxylic acids is 1. The Hall–Kier alpha value is -1.89. The van der Waals surface area contributed by atoms with Crippen molar-refractivity contribution in [2.45, 2.75) is 49.2 Å². The van der Waals surface area contributed by atoms with Crippen molar-refractivity contribution < 1.29 is 4.79 Å². The second-order valence-corrected chi connectivity index (χ2v) is 10.4. The van der Waals surface area contributed by atoms with Crippen molar-refractivity contribution in [2.75, 3.05) is 13.6 Å². The molecule has 0 N–H and O–H groups in total. The number of thiophene rings is 1. The maximum atomic E-state index is 13.3. The predicted octanol–water partition coefficient (Wildman–Crippen LogP) is 4.90. The summed E-state index contributed by atoms with van der Waals surface area (Å²) in [6, 6.07) is 16.9. The zero-order valence-electron chi connectivity index (χ0n) is 17.1. The summed E-state index contributed by atoms with van der Waals surface area (Å²) in [5.41, 5.74) is 0. The molecule has 0 saturated carbocycles. The molecule has 1 aliphatic rings. The Morgan fingerprint density at radius 1 is 1.28 bits per heavy atom. The fraction of sp³-hybridized carbons (Fsp3) is 0.391. The van der Waals surface area contributed by atoms with E-state index in [1.54, 1.807) is 23.1 Å². The number of hydrogen-bond acceptors (Lipinski definition) is 5. The molecular formula is C23H27N3OS2. The van der Waals surface area contributed by atoms with Crippen molar-refractivity contribution >= 4 is 39.1 Å². The third-order valence-electron chi connectivity index (χ3n) is 5.42. The van der Waals surface area contributed by atoms with Crippen LogP contribution in [0.25, 0.3) is 10.1 Å². The van der Waals surface area contributed by atoms with Gasteiger partial charge in [0, 0.05) is 40.7 Å². The van der Waals surface area contributed by atoms with Crippen LogP contribution in [0.2, 0.25) is 0 Å². The standard InChI is InChI=1S/C23H27N3OS2/c1-16(2)26-15-19(29-22-10-6-7-11-24-22)13-20(26)23(27)25(3)14-18-12-17-8-4-5-9-21(17)28-18/h4-12,16,19-20H,13-15H2,1-3H3/t19-,20+/m1/s1. The number of pyridine rings is 1. The summed E-state index contributed by atoms with van der Waals surface area (Å²) in [6.45, 7) is 5.95. The highest BCUT2D eigenvalue weighted by atomic mass is 32.2. The first-order valence-electron chi connectivity index (χ1n) is 10.1. The first kappa shape index (κ1) is 20.4. The topological polar surface area (TPSA) is 36.4 Å². The highest BCUT2D eigenvalue weighted by molar-refractivity contribution is 7.99. The number of nitrogens with zero attached hydrogens (tertiary/aromatic N) is 3. The fourth-order valence-corrected chi connectivity index (χ4v) is 6.25. The molecule has 1 saturated heterocycles. The SMILES string of the molecule is CC(C)N1C[C@H](Sc2ccccn2)C[C@H]1C(=O)N(C)Cc1cc2ccccc2s1. The summed E-state index contributed by atoms with van der Waals surface area (Å²) in [5.74, 6) is 0.222. The van der Waals surface area contributed by atoms with Crippen molar-refractivity contribution in [3.63, 3.8) is 0 Å². The summed E-state index contributed by atoms with van der Waals surface area (Å²) in [6.07, 6.45) is 2.70. The third-order valence-corrected chi connectivity index (χ3v) is 7.68. The van der Waals surface area contributed by atoms with Crippen LogP contribution in [0.3, 0.4) is 0 Å². The van der Waals surface area contributed by atoms with Crippen LogP contribution in [0, 0.1) is 0 Å². The molecule has 0 radical (unpaired) electrons. The van der Waals surface area contributed by atoms with Gasteiger partial charge in [-0.1, -0.05) is 24.3 Å². The smallest absolute Gasteiger partial charge is 0.240 e. The minimum absolute atomic E-state index is 0.0596. The van der Waals surface area contributed by atoms with Gasteiger partial charge in [0.05, 0.1) is 17.6 Å². The van der Waals surface area contributed by atoms with Gasteiger partial charge in [-0.2, -0.15) is 0 Å². The van der Waals surface area contributed by atoms with Crippen molar-refractivity contribution in [3.05, 3.63) is 59.6 Å². The molecule has 4 rings (SSSR count). The molecule has 0 unspecified atom stereocenters. The first-order valence-corrected chi connectivity index (χ1v) is 11.8. The molecule has 0 aliphatic carbocycles. The van der Waals surface area contributed by atoms with E-state index in [0.29, 0.717) is 17.8 Å². The highest BCUT2D eigenvalue weighted by Gasteiger charge is 2.39. The second kappa shape index (κ2) is 8.86. The highest BCUT2D eigenvalue weighted by Crippen LogP contribution is 2.34. The minimum Gasteiger partial charge on any atom is -0.339 e. The number of aromatic nitrogens is 1. The first-order chi connectivity index (χ1) is 14.0. The molecule has 6 heteroatoms. The molecule has 0 bridgehead atoms. The molecule has 1 aliphatic heterocycles. The van der Waals surface area contributed by atoms with Crippen molar-refractivity contribution in [1.29, 1.82) is 0 Å². The van der Waals surface area contributed by atoms with E-state index in [0.717, 1.165) is 18.0 Å². The molecule has 2 aromatic heterocycles. The molecule has 152 valence electrons. The van der Waals surface area contributed by atoms with Crippen molar-refractivity contribution in [3.8, 4) is 0 Å². The quantitative estimate of drug-likeness (QED) is 0.563. The van der Waals surface area contributed by atoms with Crippen molar-refractivity contribution in [2.24, 2.45) is 0 Å². The summed E-state index contributed by atoms with van der Waals surface area (Å²) >= 11 is 3.57. The molecule has 29 heavy (non-hydrogen) atoms. The molecule has 3 aromatic rings. The lowest BCUT2D eigenvalue weighted by molar-refractivity contribution is -0.135. The van der Waals surface area contributed by atoms with Crippen LogP contribution in [-0.2, 0) is 11.3 Å². The molecule has 3 heterocycles. The average Bonchev–Trinajstić information content (AvgIpc) is 3.31. The Balaban J connectivity index is 1.44. The maximum absolute atomic E-state index is 13.3. The van der Waals surface area contributed by atoms with E-state index in [1.165, 1.54) is 15.0 Å². The molecule has 1 aromatic carbocycles. The van der Waals surface area contributed by atoms with Crippen LogP contribution in [0.5, 0.6) is 0 Å². The van der Waals surface area contributed by atoms with Crippen LogP contribution in [0.1, 0.15) is 25.1 Å². The van der Waals surface area contributed by atoms with Gasteiger partial charge in [-0.15, -0.1) is 23.1 Å². The van der Waals surface area contributed by atoms with E-state index in [9.17, 15) is 4.79 Å². The van der Waals surface area contributed by atoms with Crippen LogP contribution in [0.15, 0.2) is 59.8 Å². The van der Waals surface area contributed by atoms with E-state index >= 15 is 0 Å². The summed E-state index contributed by atoms with van der Waals surface area (Å²) in [4.78, 5) is 23.3. The lowest BCUT2D eigenvalue weighted by Crippen LogP contribution is -2.46. The van der Waals surface area contributed by atoms with Gasteiger partial charge < -0.3 is 4.90 Å². The van der Waals surface area contributed by atoms with Gasteiger partial charge in [0.25, 0.3) is 0 Å². The number of likely N-dealkylation sites (tertiary alicyclic amines) is 1.